The van der Waals surface area contributed by atoms with Crippen molar-refractivity contribution in [1.29, 1.82) is 5.26 Å². The first-order valence-electron chi connectivity index (χ1n) is 5.58. The normalized spacial score (nSPS) is 9.60. The second-order valence-electron chi connectivity index (χ2n) is 3.62. The average molecular weight is 289 g/mol. The molecule has 0 saturated carbocycles. The first kappa shape index (κ1) is 13.8. The van der Waals surface area contributed by atoms with Crippen LogP contribution in [-0.4, -0.2) is 22.5 Å². The highest BCUT2D eigenvalue weighted by atomic mass is 35.5. The number of nitrogens with one attached hydrogen (secondary N) is 1. The number of nitrogens with zero attached hydrogens (tertiary/aromatic N) is 3. The topological polar surface area (TPSA) is 87.9 Å². The Morgan fingerprint density at radius 1 is 1.35 bits per heavy atom. The highest BCUT2D eigenvalue weighted by molar-refractivity contribution is 6.29. The monoisotopic (exact) mass is 288 g/mol. The number of ether oxygens (including phenoxy) is 1. The van der Waals surface area contributed by atoms with Gasteiger partial charge in [-0.25, -0.2) is 9.97 Å². The number of anilines is 1. The van der Waals surface area contributed by atoms with Gasteiger partial charge in [-0.3, -0.25) is 4.79 Å². The smallest absolute Gasteiger partial charge is 0.275 e. The minimum Gasteiger partial charge on any atom is -0.477 e. The van der Waals surface area contributed by atoms with Crippen LogP contribution >= 0.6 is 11.6 Å². The first-order chi connectivity index (χ1) is 9.70. The lowest BCUT2D eigenvalue weighted by atomic mass is 10.3. The Balaban J connectivity index is 2.15. The molecule has 1 N–H and O–H groups in total. The summed E-state index contributed by atoms with van der Waals surface area (Å²) in [5.41, 5.74) is 0.578. The summed E-state index contributed by atoms with van der Waals surface area (Å²) in [5.74, 6) is -0.0357. The van der Waals surface area contributed by atoms with Crippen LogP contribution in [0.4, 0.5) is 5.69 Å². The number of hydrogen-bond acceptors (Lipinski definition) is 5. The summed E-state index contributed by atoms with van der Waals surface area (Å²) in [5, 5.41) is 11.4. The van der Waals surface area contributed by atoms with Crippen molar-refractivity contribution in [2.24, 2.45) is 0 Å². The molecule has 1 amide bonds. The number of benzene rings is 1. The summed E-state index contributed by atoms with van der Waals surface area (Å²) in [6.07, 6.45) is 2.56. The van der Waals surface area contributed by atoms with Gasteiger partial charge in [0.1, 0.15) is 22.7 Å². The number of carbonyl (C=O) groups is 1. The third-order valence-corrected chi connectivity index (χ3v) is 2.48. The van der Waals surface area contributed by atoms with Crippen LogP contribution in [0.25, 0.3) is 0 Å². The van der Waals surface area contributed by atoms with Gasteiger partial charge in [-0.1, -0.05) is 23.7 Å². The van der Waals surface area contributed by atoms with Gasteiger partial charge in [-0.2, -0.15) is 5.26 Å². The summed E-state index contributed by atoms with van der Waals surface area (Å²) in [6, 6.07) is 8.66. The van der Waals surface area contributed by atoms with Crippen LogP contribution < -0.4 is 10.1 Å². The van der Waals surface area contributed by atoms with Crippen LogP contribution in [0.15, 0.2) is 36.7 Å². The summed E-state index contributed by atoms with van der Waals surface area (Å²) in [6.45, 7) is -0.104. The van der Waals surface area contributed by atoms with E-state index in [1.165, 1.54) is 12.4 Å². The summed E-state index contributed by atoms with van der Waals surface area (Å²) in [7, 11) is 0. The molecule has 0 saturated heterocycles. The SMILES string of the molecule is N#CCOc1ccccc1NC(=O)c1cnc(Cl)cn1. The first-order valence-corrected chi connectivity index (χ1v) is 5.96. The molecule has 0 spiro atoms. The Morgan fingerprint density at radius 3 is 2.85 bits per heavy atom. The standard InChI is InChI=1S/C13H9ClN4O2/c14-12-8-16-10(7-17-12)13(19)18-9-3-1-2-4-11(9)20-6-5-15/h1-4,7-8H,6H2,(H,18,19). The van der Waals surface area contributed by atoms with Crippen LogP contribution in [0.1, 0.15) is 10.5 Å². The molecule has 1 heterocycles. The Labute approximate surface area is 120 Å². The van der Waals surface area contributed by atoms with Crippen LogP contribution in [-0.2, 0) is 0 Å². The van der Waals surface area contributed by atoms with Gasteiger partial charge in [0.05, 0.1) is 18.1 Å². The number of para-hydroxylation sites is 2. The van der Waals surface area contributed by atoms with Gasteiger partial charge in [0.2, 0.25) is 0 Å². The van der Waals surface area contributed by atoms with E-state index in [2.05, 4.69) is 15.3 Å². The minimum absolute atomic E-state index is 0.104. The number of aromatic nitrogens is 2. The maximum absolute atomic E-state index is 12.0. The van der Waals surface area contributed by atoms with E-state index >= 15 is 0 Å². The Morgan fingerprint density at radius 2 is 2.15 bits per heavy atom. The molecule has 0 aliphatic rings. The quantitative estimate of drug-likeness (QED) is 0.932. The van der Waals surface area contributed by atoms with E-state index in [0.717, 1.165) is 0 Å². The number of halogens is 1. The summed E-state index contributed by atoms with van der Waals surface area (Å²) >= 11 is 5.60. The Kier molecular flexibility index (Phi) is 4.47. The van der Waals surface area contributed by atoms with Crippen molar-refractivity contribution in [2.75, 3.05) is 11.9 Å². The van der Waals surface area contributed by atoms with E-state index in [4.69, 9.17) is 21.6 Å². The molecular formula is C13H9ClN4O2. The molecule has 2 rings (SSSR count). The number of hydrogen-bond donors (Lipinski definition) is 1. The lowest BCUT2D eigenvalue weighted by Crippen LogP contribution is -2.14. The van der Waals surface area contributed by atoms with Crippen LogP contribution in [0.2, 0.25) is 5.15 Å². The van der Waals surface area contributed by atoms with E-state index in [-0.39, 0.29) is 17.5 Å². The lowest BCUT2D eigenvalue weighted by Gasteiger charge is -2.10. The van der Waals surface area contributed by atoms with Gasteiger partial charge < -0.3 is 10.1 Å². The molecule has 0 fully saturated rings. The molecule has 0 aliphatic heterocycles. The Bertz CT molecular complexity index is 652. The zero-order chi connectivity index (χ0) is 14.4. The highest BCUT2D eigenvalue weighted by Gasteiger charge is 2.11. The lowest BCUT2D eigenvalue weighted by molar-refractivity contribution is 0.102. The molecule has 0 bridgehead atoms. The molecule has 1 aromatic carbocycles. The zero-order valence-electron chi connectivity index (χ0n) is 10.2. The van der Waals surface area contributed by atoms with Crippen LogP contribution in [0.3, 0.4) is 0 Å². The average Bonchev–Trinajstić information content (AvgIpc) is 2.47. The zero-order valence-corrected chi connectivity index (χ0v) is 11.0. The molecule has 0 atom stereocenters. The van der Waals surface area contributed by atoms with Crippen molar-refractivity contribution in [2.45, 2.75) is 0 Å². The van der Waals surface area contributed by atoms with Crippen molar-refractivity contribution in [1.82, 2.24) is 9.97 Å². The fraction of sp³-hybridized carbons (Fsp3) is 0.0769. The molecule has 20 heavy (non-hydrogen) atoms. The number of amides is 1. The molecule has 6 nitrogen and oxygen atoms in total. The third-order valence-electron chi connectivity index (χ3n) is 2.28. The molecular weight excluding hydrogens is 280 g/mol. The molecule has 7 heteroatoms. The van der Waals surface area contributed by atoms with E-state index in [0.29, 0.717) is 11.4 Å². The second kappa shape index (κ2) is 6.50. The summed E-state index contributed by atoms with van der Waals surface area (Å²) in [4.78, 5) is 19.6. The van der Waals surface area contributed by atoms with E-state index < -0.39 is 5.91 Å². The molecule has 2 aromatic rings. The fourth-order valence-corrected chi connectivity index (χ4v) is 1.52. The fourth-order valence-electron chi connectivity index (χ4n) is 1.42. The number of carbonyl (C=O) groups excluding carboxylic acids is 1. The van der Waals surface area contributed by atoms with Gasteiger partial charge in [0.15, 0.2) is 6.61 Å². The largest absolute Gasteiger partial charge is 0.477 e. The van der Waals surface area contributed by atoms with Crippen molar-refractivity contribution < 1.29 is 9.53 Å². The molecule has 100 valence electrons. The number of rotatable bonds is 4. The molecule has 0 radical (unpaired) electrons. The van der Waals surface area contributed by atoms with Crippen molar-refractivity contribution in [3.05, 3.63) is 47.5 Å². The van der Waals surface area contributed by atoms with Gasteiger partial charge >= 0.3 is 0 Å². The molecule has 0 aliphatic carbocycles. The van der Waals surface area contributed by atoms with Crippen molar-refractivity contribution >= 4 is 23.2 Å². The number of nitriles is 1. The second-order valence-corrected chi connectivity index (χ2v) is 4.01. The van der Waals surface area contributed by atoms with Gasteiger partial charge in [-0.15, -0.1) is 0 Å². The third kappa shape index (κ3) is 3.43. The summed E-state index contributed by atoms with van der Waals surface area (Å²) < 4.78 is 5.21. The molecule has 1 aromatic heterocycles. The van der Waals surface area contributed by atoms with Crippen molar-refractivity contribution in [3.63, 3.8) is 0 Å². The van der Waals surface area contributed by atoms with E-state index in [1.807, 2.05) is 6.07 Å². The molecule has 0 unspecified atom stereocenters. The van der Waals surface area contributed by atoms with Crippen LogP contribution in [0.5, 0.6) is 5.75 Å². The predicted octanol–water partition coefficient (Wildman–Crippen LogP) is 2.28. The maximum Gasteiger partial charge on any atom is 0.275 e. The maximum atomic E-state index is 12.0. The predicted molar refractivity (Wildman–Crippen MR) is 72.5 cm³/mol. The highest BCUT2D eigenvalue weighted by Crippen LogP contribution is 2.24. The minimum atomic E-state index is -0.442. The van der Waals surface area contributed by atoms with Gasteiger partial charge in [0.25, 0.3) is 5.91 Å². The van der Waals surface area contributed by atoms with E-state index in [9.17, 15) is 4.79 Å². The Hall–Kier alpha value is -2.65. The van der Waals surface area contributed by atoms with Crippen LogP contribution in [0, 0.1) is 11.3 Å². The van der Waals surface area contributed by atoms with E-state index in [1.54, 1.807) is 24.3 Å². The van der Waals surface area contributed by atoms with Gasteiger partial charge in [0, 0.05) is 0 Å². The van der Waals surface area contributed by atoms with Gasteiger partial charge in [-0.05, 0) is 12.1 Å². The van der Waals surface area contributed by atoms with Crippen molar-refractivity contribution in [3.8, 4) is 11.8 Å².